The van der Waals surface area contributed by atoms with Crippen LogP contribution < -0.4 is 5.32 Å². The Kier molecular flexibility index (Phi) is 3.72. The van der Waals surface area contributed by atoms with Gasteiger partial charge in [-0.1, -0.05) is 6.07 Å². The Morgan fingerprint density at radius 3 is 2.61 bits per heavy atom. The smallest absolute Gasteiger partial charge is 0.159 e. The third-order valence-electron chi connectivity index (χ3n) is 2.97. The fourth-order valence-electron chi connectivity index (χ4n) is 1.71. The van der Waals surface area contributed by atoms with Gasteiger partial charge in [-0.3, -0.25) is 4.68 Å². The zero-order valence-corrected chi connectivity index (χ0v) is 10.4. The maximum Gasteiger partial charge on any atom is 0.159 e. The topological polar surface area (TPSA) is 29.9 Å². The van der Waals surface area contributed by atoms with Crippen LogP contribution in [0.4, 0.5) is 8.78 Å². The summed E-state index contributed by atoms with van der Waals surface area (Å²) in [6.07, 6.45) is 1.80. The molecule has 0 unspecified atom stereocenters. The van der Waals surface area contributed by atoms with Gasteiger partial charge < -0.3 is 5.32 Å². The molecule has 2 aromatic rings. The minimum absolute atomic E-state index is 0.492. The summed E-state index contributed by atoms with van der Waals surface area (Å²) in [4.78, 5) is 0. The van der Waals surface area contributed by atoms with Gasteiger partial charge in [0.05, 0.1) is 6.20 Å². The second kappa shape index (κ2) is 5.27. The third-order valence-corrected chi connectivity index (χ3v) is 2.97. The number of aryl methyl sites for hydroxylation is 1. The molecule has 1 aromatic heterocycles. The SMILES string of the molecule is Cc1c(CNCc2ccc(F)c(F)c2)cnn1C. The van der Waals surface area contributed by atoms with Crippen LogP contribution in [0.3, 0.4) is 0 Å². The molecule has 0 fully saturated rings. The number of aromatic nitrogens is 2. The van der Waals surface area contributed by atoms with Gasteiger partial charge in [0.1, 0.15) is 0 Å². The van der Waals surface area contributed by atoms with E-state index in [2.05, 4.69) is 10.4 Å². The molecule has 2 rings (SSSR count). The van der Waals surface area contributed by atoms with E-state index in [4.69, 9.17) is 0 Å². The van der Waals surface area contributed by atoms with Crippen molar-refractivity contribution >= 4 is 0 Å². The molecule has 0 radical (unpaired) electrons. The maximum absolute atomic E-state index is 13.0. The van der Waals surface area contributed by atoms with Crippen molar-refractivity contribution in [3.05, 3.63) is 52.9 Å². The molecule has 0 bridgehead atoms. The number of halogens is 2. The Morgan fingerprint density at radius 1 is 1.22 bits per heavy atom. The minimum atomic E-state index is -0.818. The molecule has 0 aliphatic rings. The summed E-state index contributed by atoms with van der Waals surface area (Å²) < 4.78 is 27.5. The average molecular weight is 251 g/mol. The quantitative estimate of drug-likeness (QED) is 0.903. The van der Waals surface area contributed by atoms with E-state index in [1.807, 2.05) is 14.0 Å². The Hall–Kier alpha value is -1.75. The van der Waals surface area contributed by atoms with E-state index in [9.17, 15) is 8.78 Å². The lowest BCUT2D eigenvalue weighted by Crippen LogP contribution is -2.13. The monoisotopic (exact) mass is 251 g/mol. The van der Waals surface area contributed by atoms with Crippen LogP contribution in [0, 0.1) is 18.6 Å². The van der Waals surface area contributed by atoms with E-state index in [0.29, 0.717) is 13.1 Å². The highest BCUT2D eigenvalue weighted by Gasteiger charge is 2.04. The Morgan fingerprint density at radius 2 is 2.00 bits per heavy atom. The summed E-state index contributed by atoms with van der Waals surface area (Å²) in [5.41, 5.74) is 2.91. The minimum Gasteiger partial charge on any atom is -0.308 e. The Balaban J connectivity index is 1.92. The predicted octanol–water partition coefficient (Wildman–Crippen LogP) is 2.30. The molecule has 5 heteroatoms. The summed E-state index contributed by atoms with van der Waals surface area (Å²) >= 11 is 0. The Labute approximate surface area is 104 Å². The first-order chi connectivity index (χ1) is 8.58. The molecule has 1 aromatic carbocycles. The normalized spacial score (nSPS) is 10.9. The highest BCUT2D eigenvalue weighted by atomic mass is 19.2. The third kappa shape index (κ3) is 2.73. The van der Waals surface area contributed by atoms with Crippen molar-refractivity contribution in [2.24, 2.45) is 7.05 Å². The summed E-state index contributed by atoms with van der Waals surface area (Å²) in [6, 6.07) is 3.92. The number of nitrogens with zero attached hydrogens (tertiary/aromatic N) is 2. The largest absolute Gasteiger partial charge is 0.308 e. The lowest BCUT2D eigenvalue weighted by atomic mass is 10.2. The van der Waals surface area contributed by atoms with Crippen LogP contribution >= 0.6 is 0 Å². The predicted molar refractivity (Wildman–Crippen MR) is 64.8 cm³/mol. The molecule has 0 saturated heterocycles. The maximum atomic E-state index is 13.0. The second-order valence-corrected chi connectivity index (χ2v) is 4.23. The zero-order chi connectivity index (χ0) is 13.1. The summed E-state index contributed by atoms with van der Waals surface area (Å²) in [5, 5.41) is 7.31. The van der Waals surface area contributed by atoms with Crippen LogP contribution in [0.25, 0.3) is 0 Å². The van der Waals surface area contributed by atoms with Crippen molar-refractivity contribution < 1.29 is 8.78 Å². The molecule has 1 heterocycles. The van der Waals surface area contributed by atoms with Crippen molar-refractivity contribution in [1.82, 2.24) is 15.1 Å². The summed E-state index contributed by atoms with van der Waals surface area (Å²) in [6.45, 7) is 3.13. The van der Waals surface area contributed by atoms with Crippen molar-refractivity contribution in [2.45, 2.75) is 20.0 Å². The van der Waals surface area contributed by atoms with Gasteiger partial charge in [-0.25, -0.2) is 8.78 Å². The molecular weight excluding hydrogens is 236 g/mol. The lowest BCUT2D eigenvalue weighted by Gasteiger charge is -2.05. The standard InChI is InChI=1S/C13H15F2N3/c1-9-11(8-17-18(9)2)7-16-6-10-3-4-12(14)13(15)5-10/h3-5,8,16H,6-7H2,1-2H3. The van der Waals surface area contributed by atoms with Gasteiger partial charge in [0, 0.05) is 31.4 Å². The number of rotatable bonds is 4. The fourth-order valence-corrected chi connectivity index (χ4v) is 1.71. The van der Waals surface area contributed by atoms with Gasteiger partial charge >= 0.3 is 0 Å². The van der Waals surface area contributed by atoms with E-state index >= 15 is 0 Å². The van der Waals surface area contributed by atoms with Gasteiger partial charge in [-0.2, -0.15) is 5.10 Å². The van der Waals surface area contributed by atoms with E-state index in [0.717, 1.165) is 22.9 Å². The van der Waals surface area contributed by atoms with Crippen molar-refractivity contribution in [1.29, 1.82) is 0 Å². The van der Waals surface area contributed by atoms with Crippen LogP contribution in [-0.2, 0) is 20.1 Å². The van der Waals surface area contributed by atoms with Gasteiger partial charge in [-0.15, -0.1) is 0 Å². The first-order valence-electron chi connectivity index (χ1n) is 5.70. The molecule has 1 N–H and O–H groups in total. The van der Waals surface area contributed by atoms with Crippen LogP contribution in [-0.4, -0.2) is 9.78 Å². The first kappa shape index (κ1) is 12.7. The molecule has 0 amide bonds. The molecular formula is C13H15F2N3. The lowest BCUT2D eigenvalue weighted by molar-refractivity contribution is 0.506. The summed E-state index contributed by atoms with van der Waals surface area (Å²) in [7, 11) is 1.88. The van der Waals surface area contributed by atoms with Crippen molar-refractivity contribution in [3.63, 3.8) is 0 Å². The van der Waals surface area contributed by atoms with Gasteiger partial charge in [-0.05, 0) is 24.6 Å². The molecule has 0 aliphatic heterocycles. The fraction of sp³-hybridized carbons (Fsp3) is 0.308. The Bertz CT molecular complexity index is 549. The van der Waals surface area contributed by atoms with Crippen LogP contribution in [0.1, 0.15) is 16.8 Å². The molecule has 0 aliphatic carbocycles. The molecule has 0 spiro atoms. The number of nitrogens with one attached hydrogen (secondary N) is 1. The number of benzene rings is 1. The molecule has 3 nitrogen and oxygen atoms in total. The highest BCUT2D eigenvalue weighted by Crippen LogP contribution is 2.09. The van der Waals surface area contributed by atoms with Crippen LogP contribution in [0.15, 0.2) is 24.4 Å². The van der Waals surface area contributed by atoms with Crippen molar-refractivity contribution in [2.75, 3.05) is 0 Å². The van der Waals surface area contributed by atoms with E-state index in [1.165, 1.54) is 6.07 Å². The zero-order valence-electron chi connectivity index (χ0n) is 10.4. The molecule has 0 saturated carbocycles. The highest BCUT2D eigenvalue weighted by molar-refractivity contribution is 5.19. The summed E-state index contributed by atoms with van der Waals surface area (Å²) in [5.74, 6) is -1.63. The van der Waals surface area contributed by atoms with E-state index in [1.54, 1.807) is 16.9 Å². The van der Waals surface area contributed by atoms with Crippen LogP contribution in [0.5, 0.6) is 0 Å². The second-order valence-electron chi connectivity index (χ2n) is 4.23. The number of hydrogen-bond donors (Lipinski definition) is 1. The van der Waals surface area contributed by atoms with Gasteiger partial charge in [0.2, 0.25) is 0 Å². The molecule has 96 valence electrons. The van der Waals surface area contributed by atoms with E-state index < -0.39 is 11.6 Å². The number of hydrogen-bond acceptors (Lipinski definition) is 2. The van der Waals surface area contributed by atoms with E-state index in [-0.39, 0.29) is 0 Å². The van der Waals surface area contributed by atoms with Gasteiger partial charge in [0.15, 0.2) is 11.6 Å². The van der Waals surface area contributed by atoms with Crippen LogP contribution in [0.2, 0.25) is 0 Å². The first-order valence-corrected chi connectivity index (χ1v) is 5.70. The molecule has 0 atom stereocenters. The van der Waals surface area contributed by atoms with Crippen molar-refractivity contribution in [3.8, 4) is 0 Å². The molecule has 18 heavy (non-hydrogen) atoms. The average Bonchev–Trinajstić information content (AvgIpc) is 2.66. The van der Waals surface area contributed by atoms with Gasteiger partial charge in [0.25, 0.3) is 0 Å².